The number of fused-ring (bicyclic) bond motifs is 1. The minimum absolute atomic E-state index is 0.0358. The Morgan fingerprint density at radius 1 is 1.14 bits per heavy atom. The van der Waals surface area contributed by atoms with Crippen molar-refractivity contribution in [1.29, 1.82) is 0 Å². The van der Waals surface area contributed by atoms with Crippen LogP contribution in [0.1, 0.15) is 58.2 Å². The Morgan fingerprint density at radius 2 is 1.79 bits per heavy atom. The number of hydrogen-bond donors (Lipinski definition) is 1. The van der Waals surface area contributed by atoms with Gasteiger partial charge in [-0.1, -0.05) is 32.9 Å². The molecule has 0 saturated heterocycles. The zero-order chi connectivity index (χ0) is 21.2. The molecule has 0 spiro atoms. The predicted molar refractivity (Wildman–Crippen MR) is 114 cm³/mol. The van der Waals surface area contributed by atoms with Crippen molar-refractivity contribution in [2.75, 3.05) is 13.7 Å². The third kappa shape index (κ3) is 5.22. The van der Waals surface area contributed by atoms with Gasteiger partial charge in [-0.25, -0.2) is 0 Å². The highest BCUT2D eigenvalue weighted by Gasteiger charge is 2.34. The highest BCUT2D eigenvalue weighted by Crippen LogP contribution is 2.41. The summed E-state index contributed by atoms with van der Waals surface area (Å²) < 4.78 is 17.1. The fourth-order valence-electron chi connectivity index (χ4n) is 3.52. The first-order valence-electron chi connectivity index (χ1n) is 9.97. The number of carbonyl (C=O) groups excluding carboxylic acids is 1. The van der Waals surface area contributed by atoms with Gasteiger partial charge in [0.2, 0.25) is 0 Å². The van der Waals surface area contributed by atoms with Gasteiger partial charge in [0.15, 0.2) is 6.61 Å². The van der Waals surface area contributed by atoms with E-state index < -0.39 is 0 Å². The van der Waals surface area contributed by atoms with Crippen LogP contribution in [-0.4, -0.2) is 25.2 Å². The summed E-state index contributed by atoms with van der Waals surface area (Å²) in [5.74, 6) is 2.02. The molecule has 0 saturated carbocycles. The number of ether oxygens (including phenoxy) is 3. The maximum atomic E-state index is 12.6. The van der Waals surface area contributed by atoms with Crippen molar-refractivity contribution < 1.29 is 19.0 Å². The van der Waals surface area contributed by atoms with Gasteiger partial charge in [-0.05, 0) is 55.2 Å². The lowest BCUT2D eigenvalue weighted by Gasteiger charge is -2.38. The molecule has 1 amide bonds. The van der Waals surface area contributed by atoms with E-state index in [0.29, 0.717) is 12.2 Å². The molecule has 29 heavy (non-hydrogen) atoms. The number of rotatable bonds is 5. The Morgan fingerprint density at radius 3 is 2.41 bits per heavy atom. The summed E-state index contributed by atoms with van der Waals surface area (Å²) in [6, 6.07) is 13.4. The summed E-state index contributed by atoms with van der Waals surface area (Å²) in [7, 11) is 1.63. The van der Waals surface area contributed by atoms with Crippen LogP contribution in [-0.2, 0) is 10.2 Å². The lowest BCUT2D eigenvalue weighted by atomic mass is 9.87. The molecule has 2 aromatic carbocycles. The summed E-state index contributed by atoms with van der Waals surface area (Å²) >= 11 is 0. The van der Waals surface area contributed by atoms with Crippen LogP contribution in [0.2, 0.25) is 0 Å². The molecule has 0 aromatic heterocycles. The summed E-state index contributed by atoms with van der Waals surface area (Å²) in [5, 5.41) is 3.09. The third-order valence-electron chi connectivity index (χ3n) is 5.10. The van der Waals surface area contributed by atoms with Gasteiger partial charge in [-0.3, -0.25) is 4.79 Å². The molecule has 1 aliphatic rings. The van der Waals surface area contributed by atoms with E-state index in [2.05, 4.69) is 26.1 Å². The SMILES string of the molecule is COc1ccc2c(c1)C(NC(=O)COc1ccc(C(C)(C)C)cc1)CC(C)(C)O2. The quantitative estimate of drug-likeness (QED) is 0.788. The van der Waals surface area contributed by atoms with Gasteiger partial charge in [0, 0.05) is 12.0 Å². The number of nitrogens with one attached hydrogen (secondary N) is 1. The summed E-state index contributed by atoms with van der Waals surface area (Å²) in [6.45, 7) is 10.5. The van der Waals surface area contributed by atoms with Gasteiger partial charge in [0.05, 0.1) is 13.2 Å². The van der Waals surface area contributed by atoms with E-state index in [1.54, 1.807) is 7.11 Å². The molecule has 3 rings (SSSR count). The Labute approximate surface area is 173 Å². The van der Waals surface area contributed by atoms with Crippen LogP contribution in [0.15, 0.2) is 42.5 Å². The second-order valence-electron chi connectivity index (χ2n) is 9.15. The number of amides is 1. The zero-order valence-corrected chi connectivity index (χ0v) is 18.2. The predicted octanol–water partition coefficient (Wildman–Crippen LogP) is 4.79. The topological polar surface area (TPSA) is 56.8 Å². The zero-order valence-electron chi connectivity index (χ0n) is 18.2. The van der Waals surface area contributed by atoms with Crippen LogP contribution >= 0.6 is 0 Å². The number of benzene rings is 2. The first kappa shape index (κ1) is 21.0. The van der Waals surface area contributed by atoms with Gasteiger partial charge in [-0.15, -0.1) is 0 Å². The van der Waals surface area contributed by atoms with Crippen molar-refractivity contribution in [2.45, 2.75) is 58.1 Å². The molecule has 1 N–H and O–H groups in total. The molecule has 1 heterocycles. The highest BCUT2D eigenvalue weighted by atomic mass is 16.5. The van der Waals surface area contributed by atoms with Gasteiger partial charge < -0.3 is 19.5 Å². The molecule has 0 fully saturated rings. The standard InChI is InChI=1S/C24H31NO4/c1-23(2,3)16-7-9-17(10-8-16)28-15-22(26)25-20-14-24(4,5)29-21-12-11-18(27-6)13-19(20)21/h7-13,20H,14-15H2,1-6H3,(H,25,26). The Hall–Kier alpha value is -2.69. The lowest BCUT2D eigenvalue weighted by molar-refractivity contribution is -0.124. The van der Waals surface area contributed by atoms with E-state index in [1.807, 2.05) is 56.3 Å². The van der Waals surface area contributed by atoms with Gasteiger partial charge in [-0.2, -0.15) is 0 Å². The summed E-state index contributed by atoms with van der Waals surface area (Å²) in [4.78, 5) is 12.6. The first-order chi connectivity index (χ1) is 13.6. The van der Waals surface area contributed by atoms with Crippen molar-refractivity contribution in [3.05, 3.63) is 53.6 Å². The molecule has 156 valence electrons. The van der Waals surface area contributed by atoms with Crippen LogP contribution in [0.5, 0.6) is 17.2 Å². The Kier molecular flexibility index (Phi) is 5.78. The largest absolute Gasteiger partial charge is 0.497 e. The van der Waals surface area contributed by atoms with Gasteiger partial charge in [0.1, 0.15) is 22.8 Å². The number of methoxy groups -OCH3 is 1. The van der Waals surface area contributed by atoms with Crippen molar-refractivity contribution in [3.8, 4) is 17.2 Å². The number of carbonyl (C=O) groups is 1. The molecule has 5 nitrogen and oxygen atoms in total. The first-order valence-corrected chi connectivity index (χ1v) is 9.97. The average Bonchev–Trinajstić information content (AvgIpc) is 2.65. The fourth-order valence-corrected chi connectivity index (χ4v) is 3.52. The molecule has 2 aromatic rings. The Bertz CT molecular complexity index is 865. The molecule has 1 atom stereocenters. The van der Waals surface area contributed by atoms with Crippen LogP contribution in [0, 0.1) is 0 Å². The van der Waals surface area contributed by atoms with E-state index in [-0.39, 0.29) is 29.6 Å². The Balaban J connectivity index is 1.66. The summed E-state index contributed by atoms with van der Waals surface area (Å²) in [6.07, 6.45) is 0.666. The van der Waals surface area contributed by atoms with Gasteiger partial charge >= 0.3 is 0 Å². The molecule has 0 radical (unpaired) electrons. The third-order valence-corrected chi connectivity index (χ3v) is 5.10. The summed E-state index contributed by atoms with van der Waals surface area (Å²) in [5.41, 5.74) is 1.86. The monoisotopic (exact) mass is 397 g/mol. The normalized spacial score (nSPS) is 17.7. The van der Waals surface area contributed by atoms with Crippen LogP contribution in [0.3, 0.4) is 0 Å². The highest BCUT2D eigenvalue weighted by molar-refractivity contribution is 5.78. The molecule has 1 aliphatic heterocycles. The van der Waals surface area contributed by atoms with Crippen molar-refractivity contribution in [2.24, 2.45) is 0 Å². The second kappa shape index (κ2) is 7.97. The fraction of sp³-hybridized carbons (Fsp3) is 0.458. The number of hydrogen-bond acceptors (Lipinski definition) is 4. The molecule has 0 bridgehead atoms. The van der Waals surface area contributed by atoms with Gasteiger partial charge in [0.25, 0.3) is 5.91 Å². The molecular weight excluding hydrogens is 366 g/mol. The van der Waals surface area contributed by atoms with Crippen molar-refractivity contribution >= 4 is 5.91 Å². The van der Waals surface area contributed by atoms with Crippen LogP contribution < -0.4 is 19.5 Å². The average molecular weight is 398 g/mol. The molecule has 0 aliphatic carbocycles. The van der Waals surface area contributed by atoms with E-state index in [0.717, 1.165) is 17.1 Å². The van der Waals surface area contributed by atoms with E-state index >= 15 is 0 Å². The minimum atomic E-state index is -0.372. The van der Waals surface area contributed by atoms with Crippen molar-refractivity contribution in [1.82, 2.24) is 5.32 Å². The van der Waals surface area contributed by atoms with E-state index in [4.69, 9.17) is 14.2 Å². The second-order valence-corrected chi connectivity index (χ2v) is 9.15. The van der Waals surface area contributed by atoms with E-state index in [9.17, 15) is 4.79 Å². The smallest absolute Gasteiger partial charge is 0.258 e. The lowest BCUT2D eigenvalue weighted by Crippen LogP contribution is -2.42. The van der Waals surface area contributed by atoms with E-state index in [1.165, 1.54) is 5.56 Å². The minimum Gasteiger partial charge on any atom is -0.497 e. The van der Waals surface area contributed by atoms with Crippen LogP contribution in [0.4, 0.5) is 0 Å². The van der Waals surface area contributed by atoms with Crippen LogP contribution in [0.25, 0.3) is 0 Å². The molecular formula is C24H31NO4. The van der Waals surface area contributed by atoms with Crippen molar-refractivity contribution in [3.63, 3.8) is 0 Å². The molecule has 1 unspecified atom stereocenters. The maximum absolute atomic E-state index is 12.6. The molecule has 5 heteroatoms. The maximum Gasteiger partial charge on any atom is 0.258 e.